The monoisotopic (exact) mass is 171 g/mol. The van der Waals surface area contributed by atoms with Crippen molar-refractivity contribution in [2.24, 2.45) is 0 Å². The van der Waals surface area contributed by atoms with Crippen LogP contribution in [-0.4, -0.2) is 12.2 Å². The molecular weight excluding hydrogens is 164 g/mol. The summed E-state index contributed by atoms with van der Waals surface area (Å²) in [5, 5.41) is 9.19. The molecule has 0 aromatic heterocycles. The summed E-state index contributed by atoms with van der Waals surface area (Å²) in [6.45, 7) is 0.981. The largest absolute Gasteiger partial charge is 0.497 e. The molecule has 0 aliphatic rings. The van der Waals surface area contributed by atoms with Crippen LogP contribution in [0.4, 0.5) is 0 Å². The summed E-state index contributed by atoms with van der Waals surface area (Å²) in [5.74, 6) is 0.637. The average molecular weight is 172 g/mol. The maximum absolute atomic E-state index is 8.64. The fourth-order valence-corrected chi connectivity index (χ4v) is 1.01. The van der Waals surface area contributed by atoms with E-state index in [0.717, 1.165) is 6.61 Å². The molecule has 0 aliphatic carbocycles. The molecule has 1 radical (unpaired) electrons. The van der Waals surface area contributed by atoms with E-state index in [0.29, 0.717) is 16.3 Å². The molecule has 2 nitrogen and oxygen atoms in total. The minimum absolute atomic E-state index is 0.546. The smallest absolute Gasteiger partial charge is 0.120 e. The van der Waals surface area contributed by atoms with Gasteiger partial charge in [0.05, 0.1) is 7.11 Å². The Morgan fingerprint density at radius 2 is 2.18 bits per heavy atom. The number of hydrogen-bond acceptors (Lipinski definition) is 2. The van der Waals surface area contributed by atoms with Crippen LogP contribution in [0.3, 0.4) is 0 Å². The Morgan fingerprint density at radius 3 is 2.73 bits per heavy atom. The number of rotatable bonds is 2. The van der Waals surface area contributed by atoms with Crippen molar-refractivity contribution in [3.05, 3.63) is 35.4 Å². The van der Waals surface area contributed by atoms with Gasteiger partial charge in [-0.05, 0) is 23.8 Å². The molecule has 0 amide bonds. The maximum Gasteiger partial charge on any atom is 0.120 e. The first kappa shape index (κ1) is 8.37. The van der Waals surface area contributed by atoms with E-state index in [4.69, 9.17) is 21.4 Å². The van der Waals surface area contributed by atoms with Crippen LogP contribution >= 0.6 is 11.6 Å². The van der Waals surface area contributed by atoms with Gasteiger partial charge < -0.3 is 9.84 Å². The normalized spacial score (nSPS) is 9.73. The summed E-state index contributed by atoms with van der Waals surface area (Å²) in [5.41, 5.74) is 0.634. The van der Waals surface area contributed by atoms with Crippen LogP contribution < -0.4 is 4.74 Å². The molecule has 3 heteroatoms. The number of halogens is 1. The summed E-state index contributed by atoms with van der Waals surface area (Å²) in [6, 6.07) is 5.00. The van der Waals surface area contributed by atoms with Crippen LogP contribution in [0.2, 0.25) is 5.02 Å². The van der Waals surface area contributed by atoms with Gasteiger partial charge in [-0.15, -0.1) is 0 Å². The molecule has 11 heavy (non-hydrogen) atoms. The van der Waals surface area contributed by atoms with Crippen molar-refractivity contribution in [3.8, 4) is 5.75 Å². The van der Waals surface area contributed by atoms with Crippen molar-refractivity contribution in [1.82, 2.24) is 0 Å². The highest BCUT2D eigenvalue weighted by molar-refractivity contribution is 6.30. The van der Waals surface area contributed by atoms with Crippen molar-refractivity contribution in [3.63, 3.8) is 0 Å². The molecular formula is C8H8ClO2. The van der Waals surface area contributed by atoms with E-state index in [1.54, 1.807) is 25.3 Å². The molecule has 1 aromatic rings. The number of hydrogen-bond donors (Lipinski definition) is 1. The number of ether oxygens (including phenoxy) is 1. The summed E-state index contributed by atoms with van der Waals surface area (Å²) in [4.78, 5) is 0. The molecule has 0 saturated heterocycles. The third-order valence-corrected chi connectivity index (χ3v) is 1.50. The van der Waals surface area contributed by atoms with Gasteiger partial charge in [-0.3, -0.25) is 0 Å². The molecule has 1 N–H and O–H groups in total. The van der Waals surface area contributed by atoms with Crippen molar-refractivity contribution in [2.45, 2.75) is 0 Å². The second-order valence-electron chi connectivity index (χ2n) is 2.05. The lowest BCUT2D eigenvalue weighted by Gasteiger charge is -2.02. The summed E-state index contributed by atoms with van der Waals surface area (Å²) >= 11 is 5.70. The quantitative estimate of drug-likeness (QED) is 0.740. The molecule has 0 bridgehead atoms. The van der Waals surface area contributed by atoms with Crippen LogP contribution in [-0.2, 0) is 0 Å². The van der Waals surface area contributed by atoms with Crippen molar-refractivity contribution < 1.29 is 9.84 Å². The zero-order valence-corrected chi connectivity index (χ0v) is 6.80. The first-order chi connectivity index (χ1) is 5.26. The molecule has 0 unspecified atom stereocenters. The highest BCUT2D eigenvalue weighted by Crippen LogP contribution is 2.20. The molecule has 0 aliphatic heterocycles. The van der Waals surface area contributed by atoms with Gasteiger partial charge in [0, 0.05) is 5.02 Å². The first-order valence-electron chi connectivity index (χ1n) is 3.08. The van der Waals surface area contributed by atoms with Gasteiger partial charge in [-0.1, -0.05) is 11.6 Å². The Bertz CT molecular complexity index is 226. The lowest BCUT2D eigenvalue weighted by atomic mass is 10.2. The fraction of sp³-hybridized carbons (Fsp3) is 0.125. The molecule has 0 fully saturated rings. The molecule has 59 valence electrons. The van der Waals surface area contributed by atoms with Gasteiger partial charge in [-0.25, -0.2) is 0 Å². The zero-order valence-electron chi connectivity index (χ0n) is 6.04. The predicted molar refractivity (Wildman–Crippen MR) is 43.3 cm³/mol. The minimum Gasteiger partial charge on any atom is -0.497 e. The number of methoxy groups -OCH3 is 1. The van der Waals surface area contributed by atoms with E-state index in [1.807, 2.05) is 0 Å². The van der Waals surface area contributed by atoms with Gasteiger partial charge >= 0.3 is 0 Å². The third-order valence-electron chi connectivity index (χ3n) is 1.28. The Hall–Kier alpha value is -0.730. The van der Waals surface area contributed by atoms with Gasteiger partial charge in [0.25, 0.3) is 0 Å². The van der Waals surface area contributed by atoms with Crippen LogP contribution in [0.15, 0.2) is 18.2 Å². The zero-order chi connectivity index (χ0) is 8.27. The van der Waals surface area contributed by atoms with Crippen LogP contribution in [0.1, 0.15) is 5.56 Å². The highest BCUT2D eigenvalue weighted by atomic mass is 35.5. The molecule has 0 spiro atoms. The predicted octanol–water partition coefficient (Wildman–Crippen LogP) is 2.23. The molecule has 0 heterocycles. The van der Waals surface area contributed by atoms with Gasteiger partial charge in [-0.2, -0.15) is 0 Å². The van der Waals surface area contributed by atoms with Crippen LogP contribution in [0.25, 0.3) is 0 Å². The highest BCUT2D eigenvalue weighted by Gasteiger charge is 1.97. The van der Waals surface area contributed by atoms with Gasteiger partial charge in [0.15, 0.2) is 0 Å². The lowest BCUT2D eigenvalue weighted by molar-refractivity contribution is 0.404. The first-order valence-corrected chi connectivity index (χ1v) is 3.46. The van der Waals surface area contributed by atoms with Crippen LogP contribution in [0.5, 0.6) is 5.75 Å². The molecule has 1 rings (SSSR count). The minimum atomic E-state index is 0.546. The fourth-order valence-electron chi connectivity index (χ4n) is 0.777. The van der Waals surface area contributed by atoms with E-state index in [1.165, 1.54) is 0 Å². The number of benzene rings is 1. The van der Waals surface area contributed by atoms with E-state index in [-0.39, 0.29) is 0 Å². The second kappa shape index (κ2) is 3.60. The topological polar surface area (TPSA) is 29.5 Å². The Labute approximate surface area is 70.4 Å². The lowest BCUT2D eigenvalue weighted by Crippen LogP contribution is -1.85. The van der Waals surface area contributed by atoms with E-state index >= 15 is 0 Å². The van der Waals surface area contributed by atoms with Crippen molar-refractivity contribution >= 4 is 11.6 Å². The average Bonchev–Trinajstić information content (AvgIpc) is 2.03. The summed E-state index contributed by atoms with van der Waals surface area (Å²) in [6.07, 6.45) is 0. The van der Waals surface area contributed by atoms with E-state index < -0.39 is 0 Å². The Morgan fingerprint density at radius 1 is 1.45 bits per heavy atom. The standard InChI is InChI=1S/C8H8ClO2/c1-11-8-3-6(5-10)2-7(9)4-8/h2-5,10H,1H3. The molecule has 0 atom stereocenters. The molecule has 0 saturated carbocycles. The second-order valence-corrected chi connectivity index (χ2v) is 2.49. The molecule has 1 aromatic carbocycles. The van der Waals surface area contributed by atoms with Crippen molar-refractivity contribution in [1.29, 1.82) is 0 Å². The Balaban J connectivity index is 3.02. The Kier molecular flexibility index (Phi) is 2.74. The van der Waals surface area contributed by atoms with E-state index in [2.05, 4.69) is 0 Å². The number of aliphatic hydroxyl groups is 1. The van der Waals surface area contributed by atoms with Crippen molar-refractivity contribution in [2.75, 3.05) is 7.11 Å². The summed E-state index contributed by atoms with van der Waals surface area (Å²) < 4.78 is 4.92. The van der Waals surface area contributed by atoms with Gasteiger partial charge in [0.1, 0.15) is 12.4 Å². The SMILES string of the molecule is COc1cc(Cl)cc([CH]O)c1. The van der Waals surface area contributed by atoms with E-state index in [9.17, 15) is 0 Å². The maximum atomic E-state index is 8.64. The van der Waals surface area contributed by atoms with Crippen LogP contribution in [0, 0.1) is 6.61 Å². The van der Waals surface area contributed by atoms with Gasteiger partial charge in [0.2, 0.25) is 0 Å². The third kappa shape index (κ3) is 2.10. The number of aliphatic hydroxyl groups excluding tert-OH is 1. The summed E-state index contributed by atoms with van der Waals surface area (Å²) in [7, 11) is 1.55.